The minimum absolute atomic E-state index is 0.0251. The van der Waals surface area contributed by atoms with Gasteiger partial charge in [0.05, 0.1) is 13.1 Å². The molecule has 0 amide bonds. The molecule has 2 aliphatic heterocycles. The monoisotopic (exact) mass is 536 g/mol. The zero-order valence-corrected chi connectivity index (χ0v) is 22.1. The molecule has 2 heterocycles. The second-order valence-corrected chi connectivity index (χ2v) is 9.33. The number of benzene rings is 3. The first kappa shape index (κ1) is 26.6. The van der Waals surface area contributed by atoms with E-state index in [9.17, 15) is 8.78 Å². The van der Waals surface area contributed by atoms with E-state index in [-0.39, 0.29) is 35.8 Å². The largest absolute Gasteiger partial charge is 0.486 e. The zero-order chi connectivity index (χ0) is 27.4. The zero-order valence-electron chi connectivity index (χ0n) is 22.1. The second kappa shape index (κ2) is 11.8. The molecule has 0 aromatic heterocycles. The Hall–Kier alpha value is -4.01. The summed E-state index contributed by atoms with van der Waals surface area (Å²) in [5.41, 5.74) is 1.85. The molecule has 0 fully saturated rings. The normalized spacial score (nSPS) is 15.0. The molecule has 0 atom stereocenters. The van der Waals surface area contributed by atoms with Gasteiger partial charge in [0, 0.05) is 48.4 Å². The highest BCUT2D eigenvalue weighted by atomic mass is 19.1. The molecule has 0 unspecified atom stereocenters. The van der Waals surface area contributed by atoms with Crippen molar-refractivity contribution in [2.45, 2.75) is 27.1 Å². The number of hydrogen-bond acceptors (Lipinski definition) is 6. The molecule has 204 valence electrons. The van der Waals surface area contributed by atoms with E-state index in [2.05, 4.69) is 19.8 Å². The number of rotatable bonds is 10. The number of halogens is 3. The molecule has 9 heteroatoms. The highest BCUT2D eigenvalue weighted by molar-refractivity contribution is 6.00. The van der Waals surface area contributed by atoms with Gasteiger partial charge in [-0.1, -0.05) is 18.2 Å². The first-order chi connectivity index (χ1) is 19.0. The molecule has 0 N–H and O–H groups in total. The van der Waals surface area contributed by atoms with Crippen molar-refractivity contribution in [1.29, 1.82) is 0 Å². The fourth-order valence-electron chi connectivity index (χ4n) is 4.81. The predicted molar refractivity (Wildman–Crippen MR) is 145 cm³/mol. The molecule has 3 aromatic rings. The molecule has 0 bridgehead atoms. The Bertz CT molecular complexity index is 1310. The third-order valence-electron chi connectivity index (χ3n) is 6.93. The van der Waals surface area contributed by atoms with Crippen molar-refractivity contribution in [2.24, 2.45) is 9.98 Å². The van der Waals surface area contributed by atoms with Crippen LogP contribution in [0.5, 0.6) is 11.5 Å². The Morgan fingerprint density at radius 2 is 1.15 bits per heavy atom. The summed E-state index contributed by atoms with van der Waals surface area (Å²) in [5, 5.41) is 0. The molecule has 0 spiro atoms. The van der Waals surface area contributed by atoms with E-state index in [1.54, 1.807) is 30.3 Å². The summed E-state index contributed by atoms with van der Waals surface area (Å²) < 4.78 is 56.0. The first-order valence-electron chi connectivity index (χ1n) is 13.2. The summed E-state index contributed by atoms with van der Waals surface area (Å²) in [5.74, 6) is -0.0326. The predicted octanol–water partition coefficient (Wildman–Crippen LogP) is 5.43. The molecule has 2 aliphatic rings. The Balaban J connectivity index is 1.22. The van der Waals surface area contributed by atoms with Crippen LogP contribution in [0.25, 0.3) is 0 Å². The first-order valence-corrected chi connectivity index (χ1v) is 13.2. The van der Waals surface area contributed by atoms with Gasteiger partial charge < -0.3 is 19.3 Å². The van der Waals surface area contributed by atoms with E-state index in [1.807, 2.05) is 13.8 Å². The minimum Gasteiger partial charge on any atom is -0.486 e. The lowest BCUT2D eigenvalue weighted by Crippen LogP contribution is -2.28. The maximum absolute atomic E-state index is 15.2. The van der Waals surface area contributed by atoms with E-state index in [0.29, 0.717) is 24.2 Å². The summed E-state index contributed by atoms with van der Waals surface area (Å²) in [6, 6.07) is 14.2. The van der Waals surface area contributed by atoms with Crippen LogP contribution < -0.4 is 9.47 Å². The van der Waals surface area contributed by atoms with Gasteiger partial charge in [0.15, 0.2) is 23.1 Å². The molecule has 0 saturated carbocycles. The van der Waals surface area contributed by atoms with Crippen molar-refractivity contribution >= 4 is 11.7 Å². The number of ether oxygens (including phenoxy) is 2. The van der Waals surface area contributed by atoms with Crippen molar-refractivity contribution in [3.05, 3.63) is 94.3 Å². The van der Waals surface area contributed by atoms with Gasteiger partial charge in [-0.2, -0.15) is 0 Å². The maximum Gasteiger partial charge on any atom is 0.165 e. The van der Waals surface area contributed by atoms with Crippen molar-refractivity contribution in [2.75, 3.05) is 39.3 Å². The van der Waals surface area contributed by atoms with Gasteiger partial charge in [-0.25, -0.2) is 13.2 Å². The summed E-state index contributed by atoms with van der Waals surface area (Å²) in [4.78, 5) is 13.1. The topological polar surface area (TPSA) is 49.7 Å². The Morgan fingerprint density at radius 1 is 0.692 bits per heavy atom. The molecule has 39 heavy (non-hydrogen) atoms. The average Bonchev–Trinajstić information content (AvgIpc) is 3.62. The van der Waals surface area contributed by atoms with Gasteiger partial charge in [0.25, 0.3) is 0 Å². The van der Waals surface area contributed by atoms with Gasteiger partial charge >= 0.3 is 0 Å². The van der Waals surface area contributed by atoms with Crippen LogP contribution in [0.4, 0.5) is 13.2 Å². The second-order valence-electron chi connectivity index (χ2n) is 9.33. The van der Waals surface area contributed by atoms with Crippen LogP contribution in [0.3, 0.4) is 0 Å². The number of likely N-dealkylation sites (N-methyl/N-ethyl adjacent to an activating group) is 2. The van der Waals surface area contributed by atoms with Crippen LogP contribution in [-0.2, 0) is 13.2 Å². The summed E-state index contributed by atoms with van der Waals surface area (Å²) in [6.07, 6.45) is 0. The van der Waals surface area contributed by atoms with Gasteiger partial charge in [-0.3, -0.25) is 9.98 Å². The quantitative estimate of drug-likeness (QED) is 0.347. The molecule has 3 aromatic carbocycles. The lowest BCUT2D eigenvalue weighted by Gasteiger charge is -2.18. The lowest BCUT2D eigenvalue weighted by molar-refractivity contribution is 0.274. The average molecular weight is 537 g/mol. The third-order valence-corrected chi connectivity index (χ3v) is 6.93. The molecule has 0 saturated heterocycles. The van der Waals surface area contributed by atoms with Crippen LogP contribution in [0.2, 0.25) is 0 Å². The summed E-state index contributed by atoms with van der Waals surface area (Å²) >= 11 is 0. The maximum atomic E-state index is 15.2. The third kappa shape index (κ3) is 5.72. The van der Waals surface area contributed by atoms with E-state index in [1.165, 1.54) is 24.3 Å². The highest BCUT2D eigenvalue weighted by Gasteiger charge is 2.20. The smallest absolute Gasteiger partial charge is 0.165 e. The molecule has 6 nitrogen and oxygen atoms in total. The number of aliphatic imine (C=N–C) groups is 2. The number of nitrogens with zero attached hydrogens (tertiary/aromatic N) is 4. The van der Waals surface area contributed by atoms with Crippen LogP contribution >= 0.6 is 0 Å². The Kier molecular flexibility index (Phi) is 8.05. The van der Waals surface area contributed by atoms with Gasteiger partial charge in [-0.05, 0) is 50.2 Å². The van der Waals surface area contributed by atoms with Crippen LogP contribution in [0.1, 0.15) is 36.1 Å². The summed E-state index contributed by atoms with van der Waals surface area (Å²) in [7, 11) is 0. The van der Waals surface area contributed by atoms with Gasteiger partial charge in [0.2, 0.25) is 0 Å². The summed E-state index contributed by atoms with van der Waals surface area (Å²) in [6.45, 7) is 8.32. The highest BCUT2D eigenvalue weighted by Crippen LogP contribution is 2.25. The number of amidine groups is 2. The molecular formula is C30H31F3N4O2. The fourth-order valence-corrected chi connectivity index (χ4v) is 4.81. The standard InChI is InChI=1S/C30H31F3N4O2/c1-3-36-14-12-34-29(36)20-8-10-26(24(31)16-20)38-18-22-6-5-7-23(28(22)33)19-39-27-11-9-21(17-25(27)32)30-35-13-15-37(30)4-2/h5-11,16-17H,3-4,12-15,18-19H2,1-2H3. The minimum atomic E-state index is -0.539. The van der Waals surface area contributed by atoms with Crippen LogP contribution in [0, 0.1) is 17.5 Å². The van der Waals surface area contributed by atoms with Gasteiger partial charge in [-0.15, -0.1) is 0 Å². The van der Waals surface area contributed by atoms with E-state index in [0.717, 1.165) is 37.9 Å². The SMILES string of the molecule is CCN1CCN=C1c1ccc(OCc2cccc(COc3ccc(C4=NCCN4CC)cc3F)c2F)c(F)c1. The van der Waals surface area contributed by atoms with Gasteiger partial charge in [0.1, 0.15) is 30.7 Å². The number of hydrogen-bond donors (Lipinski definition) is 0. The van der Waals surface area contributed by atoms with Crippen molar-refractivity contribution in [3.8, 4) is 11.5 Å². The lowest BCUT2D eigenvalue weighted by atomic mass is 10.1. The van der Waals surface area contributed by atoms with E-state index >= 15 is 4.39 Å². The van der Waals surface area contributed by atoms with E-state index in [4.69, 9.17) is 9.47 Å². The van der Waals surface area contributed by atoms with Crippen molar-refractivity contribution in [3.63, 3.8) is 0 Å². The Labute approximate surface area is 226 Å². The van der Waals surface area contributed by atoms with Crippen LogP contribution in [0.15, 0.2) is 64.6 Å². The molecule has 5 rings (SSSR count). The Morgan fingerprint density at radius 3 is 1.56 bits per heavy atom. The van der Waals surface area contributed by atoms with Crippen molar-refractivity contribution < 1.29 is 22.6 Å². The molecular weight excluding hydrogens is 505 g/mol. The fraction of sp³-hybridized carbons (Fsp3) is 0.333. The van der Waals surface area contributed by atoms with E-state index < -0.39 is 17.5 Å². The van der Waals surface area contributed by atoms with Crippen molar-refractivity contribution in [1.82, 2.24) is 9.80 Å². The van der Waals surface area contributed by atoms with Crippen LogP contribution in [-0.4, -0.2) is 60.7 Å². The molecule has 0 radical (unpaired) electrons. The molecule has 0 aliphatic carbocycles.